The summed E-state index contributed by atoms with van der Waals surface area (Å²) in [7, 11) is 0. The van der Waals surface area contributed by atoms with Crippen molar-refractivity contribution in [3.05, 3.63) is 29.8 Å². The van der Waals surface area contributed by atoms with E-state index in [0.717, 1.165) is 64.2 Å². The number of carbonyl (C=O) groups is 1. The Balaban J connectivity index is 1.49. The van der Waals surface area contributed by atoms with Crippen LogP contribution in [0.25, 0.3) is 0 Å². The summed E-state index contributed by atoms with van der Waals surface area (Å²) in [5, 5.41) is 3.08. The number of likely N-dealkylation sites (N-methyl/N-ethyl adjacent to an activating group) is 1. The predicted molar refractivity (Wildman–Crippen MR) is 102 cm³/mol. The van der Waals surface area contributed by atoms with Gasteiger partial charge < -0.3 is 16.0 Å². The Bertz CT molecular complexity index is 551. The monoisotopic (exact) mass is 344 g/mol. The second-order valence-electron chi connectivity index (χ2n) is 7.43. The Kier molecular flexibility index (Phi) is 6.45. The summed E-state index contributed by atoms with van der Waals surface area (Å²) in [5.41, 5.74) is 8.00. The van der Waals surface area contributed by atoms with Crippen molar-refractivity contribution < 1.29 is 4.79 Å². The SMILES string of the molecule is CCN1CCN(Cc2ccc(NC(=O)[C@@H]3CCC[C@@H]3CN)cc2)CC1. The number of hydrogen-bond acceptors (Lipinski definition) is 4. The number of rotatable bonds is 6. The highest BCUT2D eigenvalue weighted by atomic mass is 16.1. The van der Waals surface area contributed by atoms with Crippen LogP contribution in [-0.2, 0) is 11.3 Å². The second-order valence-corrected chi connectivity index (χ2v) is 7.43. The summed E-state index contributed by atoms with van der Waals surface area (Å²) in [5.74, 6) is 0.567. The number of amides is 1. The molecule has 0 radical (unpaired) electrons. The van der Waals surface area contributed by atoms with Crippen molar-refractivity contribution in [2.24, 2.45) is 17.6 Å². The zero-order valence-corrected chi connectivity index (χ0v) is 15.4. The van der Waals surface area contributed by atoms with E-state index in [0.29, 0.717) is 12.5 Å². The van der Waals surface area contributed by atoms with Crippen molar-refractivity contribution in [1.82, 2.24) is 9.80 Å². The van der Waals surface area contributed by atoms with E-state index in [1.54, 1.807) is 0 Å². The molecule has 0 bridgehead atoms. The third kappa shape index (κ3) is 4.81. The van der Waals surface area contributed by atoms with E-state index in [4.69, 9.17) is 5.73 Å². The van der Waals surface area contributed by atoms with Gasteiger partial charge in [-0.15, -0.1) is 0 Å². The average molecular weight is 345 g/mol. The van der Waals surface area contributed by atoms with Crippen LogP contribution in [0.1, 0.15) is 31.7 Å². The van der Waals surface area contributed by atoms with E-state index >= 15 is 0 Å². The van der Waals surface area contributed by atoms with Crippen molar-refractivity contribution in [1.29, 1.82) is 0 Å². The molecule has 0 aromatic heterocycles. The van der Waals surface area contributed by atoms with Gasteiger partial charge in [0.2, 0.25) is 5.91 Å². The molecule has 25 heavy (non-hydrogen) atoms. The van der Waals surface area contributed by atoms with Gasteiger partial charge in [0.1, 0.15) is 0 Å². The highest BCUT2D eigenvalue weighted by molar-refractivity contribution is 5.92. The maximum atomic E-state index is 12.5. The van der Waals surface area contributed by atoms with Crippen molar-refractivity contribution in [2.45, 2.75) is 32.7 Å². The summed E-state index contributed by atoms with van der Waals surface area (Å²) in [4.78, 5) is 17.5. The van der Waals surface area contributed by atoms with Gasteiger partial charge in [0.05, 0.1) is 0 Å². The highest BCUT2D eigenvalue weighted by Gasteiger charge is 2.31. The van der Waals surface area contributed by atoms with Crippen LogP contribution in [0.5, 0.6) is 0 Å². The summed E-state index contributed by atoms with van der Waals surface area (Å²) in [6, 6.07) is 8.33. The molecule has 3 N–H and O–H groups in total. The number of carbonyl (C=O) groups excluding carboxylic acids is 1. The molecule has 1 amide bonds. The van der Waals surface area contributed by atoms with Gasteiger partial charge in [-0.25, -0.2) is 0 Å². The molecular weight excluding hydrogens is 312 g/mol. The maximum absolute atomic E-state index is 12.5. The van der Waals surface area contributed by atoms with Crippen molar-refractivity contribution in [3.63, 3.8) is 0 Å². The predicted octanol–water partition coefficient (Wildman–Crippen LogP) is 2.14. The van der Waals surface area contributed by atoms with Gasteiger partial charge in [0, 0.05) is 44.3 Å². The average Bonchev–Trinajstić information content (AvgIpc) is 3.13. The Morgan fingerprint density at radius 3 is 2.44 bits per heavy atom. The number of anilines is 1. The first kappa shape index (κ1) is 18.4. The minimum Gasteiger partial charge on any atom is -0.330 e. The van der Waals surface area contributed by atoms with Gasteiger partial charge >= 0.3 is 0 Å². The topological polar surface area (TPSA) is 61.6 Å². The van der Waals surface area contributed by atoms with Crippen LogP contribution in [0.4, 0.5) is 5.69 Å². The molecule has 1 aliphatic carbocycles. The first-order valence-corrected chi connectivity index (χ1v) is 9.74. The fourth-order valence-electron chi connectivity index (χ4n) is 4.11. The van der Waals surface area contributed by atoms with Crippen LogP contribution in [0.3, 0.4) is 0 Å². The van der Waals surface area contributed by atoms with Crippen LogP contribution in [-0.4, -0.2) is 55.0 Å². The molecule has 5 nitrogen and oxygen atoms in total. The molecule has 138 valence electrons. The van der Waals surface area contributed by atoms with Gasteiger partial charge in [-0.3, -0.25) is 9.69 Å². The third-order valence-corrected chi connectivity index (χ3v) is 5.84. The molecule has 0 spiro atoms. The van der Waals surface area contributed by atoms with E-state index in [1.165, 1.54) is 5.56 Å². The highest BCUT2D eigenvalue weighted by Crippen LogP contribution is 2.31. The molecular formula is C20H32N4O. The number of nitrogens with two attached hydrogens (primary N) is 1. The molecule has 1 aromatic carbocycles. The standard InChI is InChI=1S/C20H32N4O/c1-2-23-10-12-24(13-11-23)15-16-6-8-18(9-7-16)22-20(25)19-5-3-4-17(19)14-21/h6-9,17,19H,2-5,10-15,21H2,1H3,(H,22,25)/t17-,19-/m1/s1. The van der Waals surface area contributed by atoms with Gasteiger partial charge in [-0.2, -0.15) is 0 Å². The van der Waals surface area contributed by atoms with Crippen LogP contribution < -0.4 is 11.1 Å². The minimum atomic E-state index is 0.0829. The third-order valence-electron chi connectivity index (χ3n) is 5.84. The first-order chi connectivity index (χ1) is 12.2. The Morgan fingerprint density at radius 1 is 1.12 bits per heavy atom. The summed E-state index contributed by atoms with van der Waals surface area (Å²) < 4.78 is 0. The lowest BCUT2D eigenvalue weighted by Gasteiger charge is -2.34. The molecule has 2 atom stereocenters. The number of nitrogens with zero attached hydrogens (tertiary/aromatic N) is 2. The lowest BCUT2D eigenvalue weighted by atomic mass is 9.95. The lowest BCUT2D eigenvalue weighted by molar-refractivity contribution is -0.120. The van der Waals surface area contributed by atoms with Gasteiger partial charge in [0.25, 0.3) is 0 Å². The van der Waals surface area contributed by atoms with E-state index < -0.39 is 0 Å². The Labute approximate surface area is 151 Å². The van der Waals surface area contributed by atoms with Crippen LogP contribution in [0.15, 0.2) is 24.3 Å². The zero-order valence-electron chi connectivity index (χ0n) is 15.4. The number of benzene rings is 1. The molecule has 1 aromatic rings. The smallest absolute Gasteiger partial charge is 0.227 e. The molecule has 1 saturated carbocycles. The van der Waals surface area contributed by atoms with Gasteiger partial charge in [0.15, 0.2) is 0 Å². The molecule has 1 aliphatic heterocycles. The Hall–Kier alpha value is -1.43. The number of hydrogen-bond donors (Lipinski definition) is 2. The molecule has 0 unspecified atom stereocenters. The molecule has 2 aliphatic rings. The fourth-order valence-corrected chi connectivity index (χ4v) is 4.11. The lowest BCUT2D eigenvalue weighted by Crippen LogP contribution is -2.45. The minimum absolute atomic E-state index is 0.0829. The van der Waals surface area contributed by atoms with E-state index in [9.17, 15) is 4.79 Å². The van der Waals surface area contributed by atoms with Crippen molar-refractivity contribution >= 4 is 11.6 Å². The molecule has 2 fully saturated rings. The normalized spacial score (nSPS) is 25.2. The van der Waals surface area contributed by atoms with E-state index in [1.807, 2.05) is 12.1 Å². The summed E-state index contributed by atoms with van der Waals surface area (Å²) in [6.07, 6.45) is 3.17. The van der Waals surface area contributed by atoms with E-state index in [-0.39, 0.29) is 11.8 Å². The largest absolute Gasteiger partial charge is 0.330 e. The van der Waals surface area contributed by atoms with Crippen LogP contribution in [0, 0.1) is 11.8 Å². The van der Waals surface area contributed by atoms with Gasteiger partial charge in [-0.05, 0) is 49.5 Å². The molecule has 5 heteroatoms. The Morgan fingerprint density at radius 2 is 1.80 bits per heavy atom. The van der Waals surface area contributed by atoms with Crippen LogP contribution in [0.2, 0.25) is 0 Å². The second kappa shape index (κ2) is 8.79. The van der Waals surface area contributed by atoms with Gasteiger partial charge in [-0.1, -0.05) is 25.5 Å². The number of piperazine rings is 1. The quantitative estimate of drug-likeness (QED) is 0.830. The molecule has 3 rings (SSSR count). The van der Waals surface area contributed by atoms with Crippen molar-refractivity contribution in [3.8, 4) is 0 Å². The van der Waals surface area contributed by atoms with Crippen molar-refractivity contribution in [2.75, 3.05) is 44.6 Å². The summed E-state index contributed by atoms with van der Waals surface area (Å²) in [6.45, 7) is 9.57. The van der Waals surface area contributed by atoms with E-state index in [2.05, 4.69) is 34.2 Å². The maximum Gasteiger partial charge on any atom is 0.227 e. The van der Waals surface area contributed by atoms with Crippen LogP contribution >= 0.6 is 0 Å². The molecule has 1 heterocycles. The fraction of sp³-hybridized carbons (Fsp3) is 0.650. The number of nitrogens with one attached hydrogen (secondary N) is 1. The first-order valence-electron chi connectivity index (χ1n) is 9.74. The zero-order chi connectivity index (χ0) is 17.6. The summed E-state index contributed by atoms with van der Waals surface area (Å²) >= 11 is 0. The molecule has 1 saturated heterocycles.